The minimum atomic E-state index is -1.06. The minimum absolute atomic E-state index is 0.0726. The van der Waals surface area contributed by atoms with Gasteiger partial charge in [0.25, 0.3) is 0 Å². The molecule has 0 amide bonds. The summed E-state index contributed by atoms with van der Waals surface area (Å²) in [5.41, 5.74) is 2.60. The maximum atomic E-state index is 11.2. The number of hydrogen-bond acceptors (Lipinski definition) is 3. The fourth-order valence-corrected chi connectivity index (χ4v) is 2.15. The lowest BCUT2D eigenvalue weighted by Crippen LogP contribution is -2.04. The molecule has 0 aliphatic carbocycles. The number of carboxylic acids is 1. The Morgan fingerprint density at radius 3 is 2.50 bits per heavy atom. The van der Waals surface area contributed by atoms with Crippen molar-refractivity contribution in [3.8, 4) is 0 Å². The second kappa shape index (κ2) is 5.69. The zero-order valence-corrected chi connectivity index (χ0v) is 12.4. The van der Waals surface area contributed by atoms with Crippen LogP contribution in [0.1, 0.15) is 21.6 Å². The van der Waals surface area contributed by atoms with Crippen LogP contribution in [0.2, 0.25) is 10.0 Å². The maximum Gasteiger partial charge on any atom is 0.339 e. The van der Waals surface area contributed by atoms with Crippen molar-refractivity contribution in [1.29, 1.82) is 0 Å². The summed E-state index contributed by atoms with van der Waals surface area (Å²) in [5, 5.41) is 13.2. The van der Waals surface area contributed by atoms with Crippen molar-refractivity contribution in [3.63, 3.8) is 0 Å². The highest BCUT2D eigenvalue weighted by atomic mass is 35.5. The quantitative estimate of drug-likeness (QED) is 0.879. The Labute approximate surface area is 126 Å². The van der Waals surface area contributed by atoms with E-state index in [4.69, 9.17) is 28.3 Å². The predicted molar refractivity (Wildman–Crippen MR) is 80.4 cm³/mol. The zero-order valence-electron chi connectivity index (χ0n) is 10.9. The van der Waals surface area contributed by atoms with E-state index in [1.807, 2.05) is 6.92 Å². The van der Waals surface area contributed by atoms with Gasteiger partial charge in [0.15, 0.2) is 0 Å². The van der Waals surface area contributed by atoms with Crippen molar-refractivity contribution in [2.75, 3.05) is 5.32 Å². The molecule has 1 aromatic carbocycles. The van der Waals surface area contributed by atoms with Crippen LogP contribution < -0.4 is 5.32 Å². The smallest absolute Gasteiger partial charge is 0.339 e. The van der Waals surface area contributed by atoms with Crippen molar-refractivity contribution in [3.05, 3.63) is 51.3 Å². The molecule has 1 heterocycles. The van der Waals surface area contributed by atoms with Gasteiger partial charge in [0.05, 0.1) is 16.4 Å². The van der Waals surface area contributed by atoms with Gasteiger partial charge in [0, 0.05) is 16.9 Å². The summed E-state index contributed by atoms with van der Waals surface area (Å²) < 4.78 is 0. The number of carbonyl (C=O) groups is 1. The number of rotatable bonds is 3. The summed E-state index contributed by atoms with van der Waals surface area (Å²) in [4.78, 5) is 15.2. The van der Waals surface area contributed by atoms with E-state index in [9.17, 15) is 4.79 Å². The highest BCUT2D eigenvalue weighted by molar-refractivity contribution is 6.35. The standard InChI is InChI=1S/C14H12Cl2N2O2/c1-7-3-11(16)13(5-10(7)15)18-12-4-8(2)17-6-9(12)14(19)20/h3-6H,1-2H3,(H,17,18)(H,19,20). The number of aromatic carboxylic acids is 1. The molecule has 0 saturated carbocycles. The van der Waals surface area contributed by atoms with Gasteiger partial charge < -0.3 is 10.4 Å². The minimum Gasteiger partial charge on any atom is -0.478 e. The first-order valence-corrected chi connectivity index (χ1v) is 6.56. The SMILES string of the molecule is Cc1cc(Nc2cc(Cl)c(C)cc2Cl)c(C(=O)O)cn1. The van der Waals surface area contributed by atoms with Crippen LogP contribution in [-0.4, -0.2) is 16.1 Å². The number of carboxylic acid groups (broad SMARTS) is 1. The molecular weight excluding hydrogens is 299 g/mol. The number of benzene rings is 1. The lowest BCUT2D eigenvalue weighted by atomic mass is 10.2. The molecule has 1 aromatic heterocycles. The zero-order chi connectivity index (χ0) is 14.9. The second-order valence-electron chi connectivity index (χ2n) is 4.38. The Bertz CT molecular complexity index is 687. The number of nitrogens with zero attached hydrogens (tertiary/aromatic N) is 1. The summed E-state index contributed by atoms with van der Waals surface area (Å²) in [7, 11) is 0. The monoisotopic (exact) mass is 310 g/mol. The van der Waals surface area contributed by atoms with Gasteiger partial charge in [-0.1, -0.05) is 23.2 Å². The number of halogens is 2. The predicted octanol–water partition coefficient (Wildman–Crippen LogP) is 4.45. The lowest BCUT2D eigenvalue weighted by molar-refractivity contribution is 0.0697. The van der Waals surface area contributed by atoms with Crippen LogP contribution in [0.4, 0.5) is 11.4 Å². The third-order valence-electron chi connectivity index (χ3n) is 2.79. The fourth-order valence-electron chi connectivity index (χ4n) is 1.72. The van der Waals surface area contributed by atoms with E-state index in [0.717, 1.165) is 5.56 Å². The van der Waals surface area contributed by atoms with Crippen LogP contribution in [0.15, 0.2) is 24.4 Å². The first kappa shape index (κ1) is 14.6. The Kier molecular flexibility index (Phi) is 4.16. The normalized spacial score (nSPS) is 10.4. The molecule has 104 valence electrons. The highest BCUT2D eigenvalue weighted by Crippen LogP contribution is 2.32. The first-order valence-electron chi connectivity index (χ1n) is 5.81. The molecule has 20 heavy (non-hydrogen) atoms. The molecule has 0 unspecified atom stereocenters. The molecule has 0 aliphatic heterocycles. The number of aromatic nitrogens is 1. The van der Waals surface area contributed by atoms with Gasteiger partial charge >= 0.3 is 5.97 Å². The number of nitrogens with one attached hydrogen (secondary N) is 1. The van der Waals surface area contributed by atoms with Crippen molar-refractivity contribution in [2.45, 2.75) is 13.8 Å². The number of hydrogen-bond donors (Lipinski definition) is 2. The molecule has 0 radical (unpaired) electrons. The molecule has 0 bridgehead atoms. The van der Waals surface area contributed by atoms with Crippen molar-refractivity contribution >= 4 is 40.5 Å². The van der Waals surface area contributed by atoms with E-state index in [0.29, 0.717) is 27.1 Å². The summed E-state index contributed by atoms with van der Waals surface area (Å²) in [5.74, 6) is -1.06. The van der Waals surface area contributed by atoms with Crippen LogP contribution in [0, 0.1) is 13.8 Å². The van der Waals surface area contributed by atoms with E-state index in [1.54, 1.807) is 25.1 Å². The number of aryl methyl sites for hydroxylation is 2. The second-order valence-corrected chi connectivity index (χ2v) is 5.20. The molecule has 4 nitrogen and oxygen atoms in total. The highest BCUT2D eigenvalue weighted by Gasteiger charge is 2.13. The van der Waals surface area contributed by atoms with Gasteiger partial charge in [-0.3, -0.25) is 4.98 Å². The third-order valence-corrected chi connectivity index (χ3v) is 3.51. The maximum absolute atomic E-state index is 11.2. The Morgan fingerprint density at radius 1 is 1.15 bits per heavy atom. The van der Waals surface area contributed by atoms with Gasteiger partial charge in [0.2, 0.25) is 0 Å². The van der Waals surface area contributed by atoms with E-state index in [1.165, 1.54) is 6.20 Å². The van der Waals surface area contributed by atoms with Crippen molar-refractivity contribution < 1.29 is 9.90 Å². The average Bonchev–Trinajstić information content (AvgIpc) is 2.35. The van der Waals surface area contributed by atoms with E-state index >= 15 is 0 Å². The summed E-state index contributed by atoms with van der Waals surface area (Å²) >= 11 is 12.2. The van der Waals surface area contributed by atoms with Crippen LogP contribution in [0.3, 0.4) is 0 Å². The van der Waals surface area contributed by atoms with E-state index in [2.05, 4.69) is 10.3 Å². The molecule has 0 aliphatic rings. The fraction of sp³-hybridized carbons (Fsp3) is 0.143. The largest absolute Gasteiger partial charge is 0.478 e. The van der Waals surface area contributed by atoms with E-state index < -0.39 is 5.97 Å². The van der Waals surface area contributed by atoms with E-state index in [-0.39, 0.29) is 5.56 Å². The Hall–Kier alpha value is -1.78. The molecule has 0 fully saturated rings. The number of anilines is 2. The third kappa shape index (κ3) is 3.03. The molecule has 0 spiro atoms. The Morgan fingerprint density at radius 2 is 1.85 bits per heavy atom. The summed E-state index contributed by atoms with van der Waals surface area (Å²) in [6.45, 7) is 3.62. The Balaban J connectivity index is 2.47. The lowest BCUT2D eigenvalue weighted by Gasteiger charge is -2.13. The van der Waals surface area contributed by atoms with Gasteiger partial charge in [-0.25, -0.2) is 4.79 Å². The van der Waals surface area contributed by atoms with Crippen molar-refractivity contribution in [2.24, 2.45) is 0 Å². The van der Waals surface area contributed by atoms with Crippen LogP contribution in [0.5, 0.6) is 0 Å². The number of pyridine rings is 1. The van der Waals surface area contributed by atoms with Crippen LogP contribution >= 0.6 is 23.2 Å². The molecule has 2 N–H and O–H groups in total. The molecular formula is C14H12Cl2N2O2. The van der Waals surface area contributed by atoms with Crippen molar-refractivity contribution in [1.82, 2.24) is 4.98 Å². The van der Waals surface area contributed by atoms with Gasteiger partial charge in [-0.2, -0.15) is 0 Å². The van der Waals surface area contributed by atoms with Gasteiger partial charge in [0.1, 0.15) is 5.56 Å². The first-order chi connectivity index (χ1) is 9.38. The summed E-state index contributed by atoms with van der Waals surface area (Å²) in [6.07, 6.45) is 1.31. The van der Waals surface area contributed by atoms with Gasteiger partial charge in [-0.15, -0.1) is 0 Å². The molecule has 2 rings (SSSR count). The van der Waals surface area contributed by atoms with Crippen LogP contribution in [0.25, 0.3) is 0 Å². The molecule has 2 aromatic rings. The van der Waals surface area contributed by atoms with Crippen LogP contribution in [-0.2, 0) is 0 Å². The topological polar surface area (TPSA) is 62.2 Å². The molecule has 6 heteroatoms. The van der Waals surface area contributed by atoms with Gasteiger partial charge in [-0.05, 0) is 37.6 Å². The molecule has 0 saturated heterocycles. The average molecular weight is 311 g/mol. The molecule has 0 atom stereocenters. The summed E-state index contributed by atoms with van der Waals surface area (Å²) in [6, 6.07) is 5.04.